The first kappa shape index (κ1) is 27.7. The van der Waals surface area contributed by atoms with Crippen molar-refractivity contribution in [3.63, 3.8) is 0 Å². The first-order chi connectivity index (χ1) is 15.0. The predicted octanol–water partition coefficient (Wildman–Crippen LogP) is 6.33. The molecule has 1 rings (SSSR count). The van der Waals surface area contributed by atoms with Crippen LogP contribution < -0.4 is 4.74 Å². The summed E-state index contributed by atoms with van der Waals surface area (Å²) in [5.41, 5.74) is 2.50. The molecule has 0 bridgehead atoms. The molecule has 1 atom stereocenters. The lowest BCUT2D eigenvalue weighted by Crippen LogP contribution is -2.19. The van der Waals surface area contributed by atoms with E-state index in [0.717, 1.165) is 49.8 Å². The second-order valence-corrected chi connectivity index (χ2v) is 9.83. The summed E-state index contributed by atoms with van der Waals surface area (Å²) >= 11 is 0. The standard InChI is InChI=1S/C27H42O5/c1-8-31-26(30)20(4)18-32-24-17-21(15-16-23(24)27(5,6)7)13-11-9-10-12-14-22(19(2)3)25(28)29/h15-17,19,22H,4,8-14,18H2,1-3,5-7H3,(H,28,29)/t22-/m0/s1. The number of carbonyl (C=O) groups is 2. The zero-order valence-corrected chi connectivity index (χ0v) is 20.8. The third-order valence-electron chi connectivity index (χ3n) is 5.67. The van der Waals surface area contributed by atoms with Gasteiger partial charge in [-0.3, -0.25) is 4.79 Å². The first-order valence-corrected chi connectivity index (χ1v) is 11.8. The van der Waals surface area contributed by atoms with Crippen LogP contribution in [0.15, 0.2) is 30.4 Å². The average Bonchev–Trinajstić information content (AvgIpc) is 2.70. The van der Waals surface area contributed by atoms with Gasteiger partial charge in [0, 0.05) is 0 Å². The van der Waals surface area contributed by atoms with Crippen molar-refractivity contribution in [1.82, 2.24) is 0 Å². The Balaban J connectivity index is 2.64. The van der Waals surface area contributed by atoms with Crippen molar-refractivity contribution in [3.05, 3.63) is 41.5 Å². The monoisotopic (exact) mass is 446 g/mol. The molecule has 0 spiro atoms. The fourth-order valence-electron chi connectivity index (χ4n) is 3.71. The van der Waals surface area contributed by atoms with Gasteiger partial charge in [-0.15, -0.1) is 0 Å². The van der Waals surface area contributed by atoms with E-state index in [1.165, 1.54) is 5.56 Å². The van der Waals surface area contributed by atoms with Gasteiger partial charge in [-0.05, 0) is 54.7 Å². The van der Waals surface area contributed by atoms with Crippen LogP contribution in [0.5, 0.6) is 5.75 Å². The van der Waals surface area contributed by atoms with Crippen LogP contribution in [0.4, 0.5) is 0 Å². The number of ether oxygens (including phenoxy) is 2. The minimum Gasteiger partial charge on any atom is -0.488 e. The minimum absolute atomic E-state index is 0.0871. The second kappa shape index (κ2) is 13.3. The summed E-state index contributed by atoms with van der Waals surface area (Å²) < 4.78 is 11.0. The lowest BCUT2D eigenvalue weighted by atomic mass is 9.85. The number of carboxylic acid groups (broad SMARTS) is 1. The van der Waals surface area contributed by atoms with Crippen molar-refractivity contribution in [2.75, 3.05) is 13.2 Å². The van der Waals surface area contributed by atoms with Gasteiger partial charge >= 0.3 is 11.9 Å². The maximum absolute atomic E-state index is 11.8. The summed E-state index contributed by atoms with van der Waals surface area (Å²) in [4.78, 5) is 23.1. The maximum atomic E-state index is 11.8. The molecule has 32 heavy (non-hydrogen) atoms. The number of carboxylic acids is 1. The summed E-state index contributed by atoms with van der Waals surface area (Å²) in [6, 6.07) is 6.32. The number of hydrogen-bond donors (Lipinski definition) is 1. The van der Waals surface area contributed by atoms with Gasteiger partial charge in [-0.25, -0.2) is 4.79 Å². The number of hydrogen-bond acceptors (Lipinski definition) is 4. The number of rotatable bonds is 14. The third-order valence-corrected chi connectivity index (χ3v) is 5.67. The Morgan fingerprint density at radius 1 is 1.09 bits per heavy atom. The van der Waals surface area contributed by atoms with E-state index in [-0.39, 0.29) is 23.9 Å². The molecule has 5 heteroatoms. The Hall–Kier alpha value is -2.30. The van der Waals surface area contributed by atoms with Gasteiger partial charge in [0.2, 0.25) is 0 Å². The van der Waals surface area contributed by atoms with Gasteiger partial charge < -0.3 is 14.6 Å². The van der Waals surface area contributed by atoms with E-state index in [2.05, 4.69) is 45.5 Å². The molecule has 0 aliphatic heterocycles. The van der Waals surface area contributed by atoms with Crippen LogP contribution in [0.25, 0.3) is 0 Å². The number of esters is 1. The van der Waals surface area contributed by atoms with Gasteiger partial charge in [0.05, 0.1) is 18.1 Å². The largest absolute Gasteiger partial charge is 0.488 e. The highest BCUT2D eigenvalue weighted by molar-refractivity contribution is 5.88. The Bertz CT molecular complexity index is 758. The highest BCUT2D eigenvalue weighted by atomic mass is 16.5. The molecule has 0 aliphatic carbocycles. The molecular weight excluding hydrogens is 404 g/mol. The fraction of sp³-hybridized carbons (Fsp3) is 0.630. The van der Waals surface area contributed by atoms with Crippen molar-refractivity contribution in [1.29, 1.82) is 0 Å². The lowest BCUT2D eigenvalue weighted by molar-refractivity contribution is -0.143. The van der Waals surface area contributed by atoms with E-state index in [1.807, 2.05) is 13.8 Å². The van der Waals surface area contributed by atoms with Crippen molar-refractivity contribution in [2.45, 2.75) is 85.5 Å². The van der Waals surface area contributed by atoms with Crippen LogP contribution in [0, 0.1) is 11.8 Å². The summed E-state index contributed by atoms with van der Waals surface area (Å²) in [6.07, 6.45) is 5.79. The molecule has 0 fully saturated rings. The predicted molar refractivity (Wildman–Crippen MR) is 129 cm³/mol. The highest BCUT2D eigenvalue weighted by Gasteiger charge is 2.21. The van der Waals surface area contributed by atoms with E-state index in [9.17, 15) is 14.7 Å². The van der Waals surface area contributed by atoms with Gasteiger partial charge in [0.1, 0.15) is 12.4 Å². The molecule has 0 radical (unpaired) electrons. The molecule has 0 amide bonds. The molecule has 5 nitrogen and oxygen atoms in total. The molecule has 0 aliphatic rings. The second-order valence-electron chi connectivity index (χ2n) is 9.83. The summed E-state index contributed by atoms with van der Waals surface area (Å²) in [5, 5.41) is 9.29. The number of carbonyl (C=O) groups excluding carboxylic acids is 1. The van der Waals surface area contributed by atoms with E-state index >= 15 is 0 Å². The number of benzene rings is 1. The average molecular weight is 447 g/mol. The third kappa shape index (κ3) is 9.46. The van der Waals surface area contributed by atoms with E-state index < -0.39 is 11.9 Å². The first-order valence-electron chi connectivity index (χ1n) is 11.8. The highest BCUT2D eigenvalue weighted by Crippen LogP contribution is 2.33. The Labute approximate surface area is 194 Å². The molecule has 0 aromatic heterocycles. The van der Waals surface area contributed by atoms with Crippen LogP contribution >= 0.6 is 0 Å². The number of unbranched alkanes of at least 4 members (excludes halogenated alkanes) is 3. The van der Waals surface area contributed by atoms with Crippen LogP contribution in [-0.4, -0.2) is 30.3 Å². The summed E-state index contributed by atoms with van der Waals surface area (Å²) in [7, 11) is 0. The quantitative estimate of drug-likeness (QED) is 0.205. The smallest absolute Gasteiger partial charge is 0.336 e. The molecule has 1 aromatic carbocycles. The van der Waals surface area contributed by atoms with Gasteiger partial charge in [0.25, 0.3) is 0 Å². The summed E-state index contributed by atoms with van der Waals surface area (Å²) in [6.45, 7) is 16.3. The zero-order chi connectivity index (χ0) is 24.3. The molecule has 1 aromatic rings. The SMILES string of the molecule is C=C(COc1cc(CCCCCC[C@H](C(=O)O)C(C)C)ccc1C(C)(C)C)C(=O)OCC. The molecular formula is C27H42O5. The molecule has 0 saturated carbocycles. The van der Waals surface area contributed by atoms with Crippen molar-refractivity contribution in [3.8, 4) is 5.75 Å². The van der Waals surface area contributed by atoms with Crippen molar-refractivity contribution < 1.29 is 24.2 Å². The molecule has 0 saturated heterocycles. The molecule has 180 valence electrons. The van der Waals surface area contributed by atoms with Gasteiger partial charge in [0.15, 0.2) is 0 Å². The fourth-order valence-corrected chi connectivity index (χ4v) is 3.71. The Kier molecular flexibility index (Phi) is 11.5. The normalized spacial score (nSPS) is 12.5. The number of aliphatic carboxylic acids is 1. The Morgan fingerprint density at radius 3 is 2.31 bits per heavy atom. The lowest BCUT2D eigenvalue weighted by Gasteiger charge is -2.23. The molecule has 0 heterocycles. The minimum atomic E-state index is -0.683. The van der Waals surface area contributed by atoms with E-state index in [0.29, 0.717) is 12.2 Å². The topological polar surface area (TPSA) is 72.8 Å². The Morgan fingerprint density at radius 2 is 1.75 bits per heavy atom. The van der Waals surface area contributed by atoms with E-state index in [1.54, 1.807) is 6.92 Å². The molecule has 1 N–H and O–H groups in total. The summed E-state index contributed by atoms with van der Waals surface area (Å²) in [5.74, 6) is -0.404. The van der Waals surface area contributed by atoms with Crippen LogP contribution in [0.2, 0.25) is 0 Å². The van der Waals surface area contributed by atoms with E-state index in [4.69, 9.17) is 9.47 Å². The van der Waals surface area contributed by atoms with Crippen molar-refractivity contribution >= 4 is 11.9 Å². The maximum Gasteiger partial charge on any atom is 0.336 e. The zero-order valence-electron chi connectivity index (χ0n) is 20.8. The van der Waals surface area contributed by atoms with Crippen molar-refractivity contribution in [2.24, 2.45) is 11.8 Å². The van der Waals surface area contributed by atoms with Crippen LogP contribution in [-0.2, 0) is 26.2 Å². The van der Waals surface area contributed by atoms with Gasteiger partial charge in [-0.1, -0.05) is 72.6 Å². The van der Waals surface area contributed by atoms with Gasteiger partial charge in [-0.2, -0.15) is 0 Å². The van der Waals surface area contributed by atoms with Crippen LogP contribution in [0.1, 0.15) is 84.8 Å². The molecule has 0 unspecified atom stereocenters. The number of aryl methyl sites for hydroxylation is 1. The van der Waals surface area contributed by atoms with Crippen LogP contribution in [0.3, 0.4) is 0 Å².